The Morgan fingerprint density at radius 3 is 2.55 bits per heavy atom. The Morgan fingerprint density at radius 2 is 1.95 bits per heavy atom. The lowest BCUT2D eigenvalue weighted by atomic mass is 9.86. The van der Waals surface area contributed by atoms with Gasteiger partial charge >= 0.3 is 0 Å². The first-order valence-electron chi connectivity index (χ1n) is 7.17. The summed E-state index contributed by atoms with van der Waals surface area (Å²) < 4.78 is 0. The van der Waals surface area contributed by atoms with Gasteiger partial charge in [0.15, 0.2) is 0 Å². The van der Waals surface area contributed by atoms with Crippen molar-refractivity contribution in [2.75, 3.05) is 10.6 Å². The summed E-state index contributed by atoms with van der Waals surface area (Å²) in [6, 6.07) is 5.58. The Labute approximate surface area is 119 Å². The summed E-state index contributed by atoms with van der Waals surface area (Å²) in [4.78, 5) is 24.0. The van der Waals surface area contributed by atoms with Crippen LogP contribution in [0.25, 0.3) is 0 Å². The number of carbonyl (C=O) groups excluding carboxylic acids is 2. The molecule has 2 rings (SSSR count). The van der Waals surface area contributed by atoms with E-state index in [1.54, 1.807) is 0 Å². The van der Waals surface area contributed by atoms with E-state index in [1.165, 1.54) is 0 Å². The first-order chi connectivity index (χ1) is 9.40. The number of hydrogen-bond acceptors (Lipinski definition) is 2. The van der Waals surface area contributed by atoms with E-state index >= 15 is 0 Å². The fraction of sp³-hybridized carbons (Fsp3) is 0.500. The fourth-order valence-corrected chi connectivity index (χ4v) is 2.55. The lowest BCUT2D eigenvalue weighted by molar-refractivity contribution is -0.120. The molecule has 0 aliphatic carbocycles. The Balaban J connectivity index is 2.23. The molecule has 20 heavy (non-hydrogen) atoms. The first kappa shape index (κ1) is 14.6. The number of benzene rings is 1. The zero-order valence-electron chi connectivity index (χ0n) is 12.5. The highest BCUT2D eigenvalue weighted by Gasteiger charge is 2.38. The summed E-state index contributed by atoms with van der Waals surface area (Å²) in [7, 11) is 0. The number of amides is 2. The van der Waals surface area contributed by atoms with Crippen molar-refractivity contribution in [1.29, 1.82) is 0 Å². The summed E-state index contributed by atoms with van der Waals surface area (Å²) >= 11 is 0. The van der Waals surface area contributed by atoms with Crippen LogP contribution in [0.3, 0.4) is 0 Å². The molecule has 4 heteroatoms. The van der Waals surface area contributed by atoms with Gasteiger partial charge in [-0.3, -0.25) is 9.59 Å². The molecule has 2 N–H and O–H groups in total. The van der Waals surface area contributed by atoms with Crippen molar-refractivity contribution in [3.63, 3.8) is 0 Å². The van der Waals surface area contributed by atoms with Gasteiger partial charge in [0, 0.05) is 17.3 Å². The Morgan fingerprint density at radius 1 is 1.30 bits per heavy atom. The van der Waals surface area contributed by atoms with E-state index in [2.05, 4.69) is 10.6 Å². The number of hydrogen-bond donors (Lipinski definition) is 2. The van der Waals surface area contributed by atoms with Crippen LogP contribution < -0.4 is 10.6 Å². The third kappa shape index (κ3) is 2.42. The molecule has 0 unspecified atom stereocenters. The zero-order chi connectivity index (χ0) is 14.9. The third-order valence-electron chi connectivity index (χ3n) is 4.13. The van der Waals surface area contributed by atoms with Gasteiger partial charge in [-0.05, 0) is 50.5 Å². The van der Waals surface area contributed by atoms with Crippen molar-refractivity contribution in [3.05, 3.63) is 23.8 Å². The van der Waals surface area contributed by atoms with Gasteiger partial charge < -0.3 is 10.6 Å². The molecule has 1 aromatic carbocycles. The minimum absolute atomic E-state index is 0.00373. The van der Waals surface area contributed by atoms with Gasteiger partial charge in [-0.25, -0.2) is 0 Å². The molecule has 1 aliphatic heterocycles. The van der Waals surface area contributed by atoms with Crippen molar-refractivity contribution in [2.24, 2.45) is 5.92 Å². The number of anilines is 2. The monoisotopic (exact) mass is 274 g/mol. The van der Waals surface area contributed by atoms with Crippen molar-refractivity contribution in [3.8, 4) is 0 Å². The number of fused-ring (bicyclic) bond motifs is 1. The second-order valence-corrected chi connectivity index (χ2v) is 5.84. The van der Waals surface area contributed by atoms with Crippen LogP contribution in [0.2, 0.25) is 0 Å². The van der Waals surface area contributed by atoms with Gasteiger partial charge in [0.2, 0.25) is 11.8 Å². The molecular weight excluding hydrogens is 252 g/mol. The lowest BCUT2D eigenvalue weighted by Gasteiger charge is -2.17. The Kier molecular flexibility index (Phi) is 3.84. The summed E-state index contributed by atoms with van der Waals surface area (Å²) in [6.07, 6.45) is 1.66. The molecule has 0 fully saturated rings. The third-order valence-corrected chi connectivity index (χ3v) is 4.13. The van der Waals surface area contributed by atoms with E-state index in [9.17, 15) is 9.59 Å². The second-order valence-electron chi connectivity index (χ2n) is 5.84. The van der Waals surface area contributed by atoms with Gasteiger partial charge in [0.25, 0.3) is 0 Å². The normalized spacial score (nSPS) is 15.9. The molecule has 0 spiro atoms. The van der Waals surface area contributed by atoms with E-state index in [-0.39, 0.29) is 17.7 Å². The number of nitrogens with one attached hydrogen (secondary N) is 2. The van der Waals surface area contributed by atoms with Crippen molar-refractivity contribution >= 4 is 23.2 Å². The van der Waals surface area contributed by atoms with E-state index < -0.39 is 5.41 Å². The topological polar surface area (TPSA) is 58.2 Å². The van der Waals surface area contributed by atoms with Gasteiger partial charge in [0.1, 0.15) is 0 Å². The molecule has 1 aliphatic rings. The molecule has 108 valence electrons. The van der Waals surface area contributed by atoms with Crippen LogP contribution in [0.5, 0.6) is 0 Å². The van der Waals surface area contributed by atoms with Gasteiger partial charge in [-0.1, -0.05) is 13.8 Å². The summed E-state index contributed by atoms with van der Waals surface area (Å²) in [5.41, 5.74) is 1.97. The maximum absolute atomic E-state index is 12.1. The Hall–Kier alpha value is -1.84. The zero-order valence-corrected chi connectivity index (χ0v) is 12.5. The standard InChI is InChI=1S/C16H22N2O2/c1-5-10(6-2)14(19)17-11-7-8-13-12(9-11)16(3,4)15(20)18-13/h7-10H,5-6H2,1-4H3,(H,17,19)(H,18,20). The summed E-state index contributed by atoms with van der Waals surface area (Å²) in [6.45, 7) is 7.81. The average Bonchev–Trinajstić information content (AvgIpc) is 2.62. The number of rotatable bonds is 4. The molecular formula is C16H22N2O2. The maximum atomic E-state index is 12.1. The van der Waals surface area contributed by atoms with Crippen LogP contribution in [-0.4, -0.2) is 11.8 Å². The molecule has 0 radical (unpaired) electrons. The largest absolute Gasteiger partial charge is 0.326 e. The molecule has 0 saturated heterocycles. The fourth-order valence-electron chi connectivity index (χ4n) is 2.55. The molecule has 0 saturated carbocycles. The van der Waals surface area contributed by atoms with Crippen LogP contribution in [0.15, 0.2) is 18.2 Å². The van der Waals surface area contributed by atoms with Gasteiger partial charge in [-0.15, -0.1) is 0 Å². The van der Waals surface area contributed by atoms with Gasteiger partial charge in [0.05, 0.1) is 5.41 Å². The minimum atomic E-state index is -0.551. The van der Waals surface area contributed by atoms with Crippen molar-refractivity contribution in [2.45, 2.75) is 46.0 Å². The quantitative estimate of drug-likeness (QED) is 0.885. The highest BCUT2D eigenvalue weighted by atomic mass is 16.2. The Bertz CT molecular complexity index is 545. The lowest BCUT2D eigenvalue weighted by Crippen LogP contribution is -2.27. The van der Waals surface area contributed by atoms with Crippen LogP contribution in [0.4, 0.5) is 11.4 Å². The minimum Gasteiger partial charge on any atom is -0.326 e. The smallest absolute Gasteiger partial charge is 0.234 e. The number of carbonyl (C=O) groups is 2. The second kappa shape index (κ2) is 5.27. The predicted octanol–water partition coefficient (Wildman–Crippen LogP) is 3.29. The highest BCUT2D eigenvalue weighted by molar-refractivity contribution is 6.06. The van der Waals surface area contributed by atoms with E-state index in [0.29, 0.717) is 0 Å². The molecule has 2 amide bonds. The van der Waals surface area contributed by atoms with E-state index in [0.717, 1.165) is 29.8 Å². The molecule has 4 nitrogen and oxygen atoms in total. The van der Waals surface area contributed by atoms with E-state index in [1.807, 2.05) is 45.9 Å². The molecule has 1 heterocycles. The molecule has 0 atom stereocenters. The summed E-state index contributed by atoms with van der Waals surface area (Å²) in [5, 5.41) is 5.81. The predicted molar refractivity (Wildman–Crippen MR) is 80.8 cm³/mol. The van der Waals surface area contributed by atoms with Crippen molar-refractivity contribution < 1.29 is 9.59 Å². The van der Waals surface area contributed by atoms with Crippen molar-refractivity contribution in [1.82, 2.24) is 0 Å². The molecule has 0 aromatic heterocycles. The van der Waals surface area contributed by atoms with Crippen LogP contribution >= 0.6 is 0 Å². The van der Waals surface area contributed by atoms with Crippen LogP contribution in [0.1, 0.15) is 46.1 Å². The van der Waals surface area contributed by atoms with E-state index in [4.69, 9.17) is 0 Å². The van der Waals surface area contributed by atoms with Crippen LogP contribution in [-0.2, 0) is 15.0 Å². The van der Waals surface area contributed by atoms with Gasteiger partial charge in [-0.2, -0.15) is 0 Å². The summed E-state index contributed by atoms with van der Waals surface area (Å²) in [5.74, 6) is 0.0806. The first-order valence-corrected chi connectivity index (χ1v) is 7.17. The average molecular weight is 274 g/mol. The SMILES string of the molecule is CCC(CC)C(=O)Nc1ccc2c(c1)C(C)(C)C(=O)N2. The molecule has 0 bridgehead atoms. The molecule has 1 aromatic rings. The highest BCUT2D eigenvalue weighted by Crippen LogP contribution is 2.38. The maximum Gasteiger partial charge on any atom is 0.234 e. The van der Waals surface area contributed by atoms with Crippen LogP contribution in [0, 0.1) is 5.92 Å².